The number of carbonyl (C=O) groups excluding carboxylic acids is 3. The topological polar surface area (TPSA) is 160 Å². The van der Waals surface area contributed by atoms with Gasteiger partial charge in [-0.15, -0.1) is 0 Å². The zero-order valence-corrected chi connectivity index (χ0v) is 25.7. The van der Waals surface area contributed by atoms with Crippen molar-refractivity contribution >= 4 is 29.1 Å². The standard InChI is InChI=1S/C32H40N6O7/c1-21-24(32(43)38-13-3-5-26(40)31(38)34-21)11-16-37-14-9-22(10-15-37)30-25-8-7-23(19-27(25)45-35-30)44-18-12-33-28(41)20-36(2)29(42)6-4-17-39/h4,6-8,17,19,22,26,40H,3,5,9-16,18,20H2,1-2H3,(H,33,41)/b6-4-. The summed E-state index contributed by atoms with van der Waals surface area (Å²) in [5.74, 6) is 0.585. The summed E-state index contributed by atoms with van der Waals surface area (Å²) in [7, 11) is 1.48. The van der Waals surface area contributed by atoms with Crippen molar-refractivity contribution in [2.45, 2.75) is 57.6 Å². The summed E-state index contributed by atoms with van der Waals surface area (Å²) in [6, 6.07) is 5.60. The van der Waals surface area contributed by atoms with E-state index in [2.05, 4.69) is 20.4 Å². The number of aliphatic hydroxyl groups is 1. The van der Waals surface area contributed by atoms with Gasteiger partial charge in [-0.25, -0.2) is 4.98 Å². The molecule has 3 aromatic rings. The van der Waals surface area contributed by atoms with E-state index in [-0.39, 0.29) is 37.1 Å². The Bertz CT molecular complexity index is 1620. The lowest BCUT2D eigenvalue weighted by molar-refractivity contribution is -0.131. The number of amides is 2. The number of benzene rings is 1. The maximum atomic E-state index is 13.1. The highest BCUT2D eigenvalue weighted by Gasteiger charge is 2.27. The van der Waals surface area contributed by atoms with Crippen molar-refractivity contribution in [1.82, 2.24) is 29.8 Å². The fourth-order valence-corrected chi connectivity index (χ4v) is 6.03. The van der Waals surface area contributed by atoms with Crippen LogP contribution < -0.4 is 15.6 Å². The van der Waals surface area contributed by atoms with E-state index in [0.29, 0.717) is 48.5 Å². The van der Waals surface area contributed by atoms with Crippen LogP contribution in [0.5, 0.6) is 5.75 Å². The Labute approximate surface area is 260 Å². The second kappa shape index (κ2) is 14.6. The average molecular weight is 621 g/mol. The van der Waals surface area contributed by atoms with Crippen molar-refractivity contribution in [2.75, 3.05) is 46.4 Å². The lowest BCUT2D eigenvalue weighted by Gasteiger charge is -2.31. The number of likely N-dealkylation sites (tertiary alicyclic amines) is 1. The molecule has 2 aromatic heterocycles. The van der Waals surface area contributed by atoms with Gasteiger partial charge in [0.25, 0.3) is 5.56 Å². The second-order valence-corrected chi connectivity index (χ2v) is 11.6. The largest absolute Gasteiger partial charge is 0.492 e. The first kappa shape index (κ1) is 32.0. The summed E-state index contributed by atoms with van der Waals surface area (Å²) in [5.41, 5.74) is 3.01. The molecule has 1 atom stereocenters. The summed E-state index contributed by atoms with van der Waals surface area (Å²) in [6.45, 7) is 5.39. The maximum absolute atomic E-state index is 13.1. The molecule has 2 N–H and O–H groups in total. The molecule has 1 fully saturated rings. The van der Waals surface area contributed by atoms with Crippen LogP contribution in [0.15, 0.2) is 39.7 Å². The third kappa shape index (κ3) is 7.66. The number of carbonyl (C=O) groups is 3. The molecule has 1 unspecified atom stereocenters. The van der Waals surface area contributed by atoms with Crippen LogP contribution in [0.4, 0.5) is 0 Å². The average Bonchev–Trinajstić information content (AvgIpc) is 3.46. The lowest BCUT2D eigenvalue weighted by Crippen LogP contribution is -2.39. The molecule has 0 aliphatic carbocycles. The van der Waals surface area contributed by atoms with Gasteiger partial charge in [-0.1, -0.05) is 5.16 Å². The minimum absolute atomic E-state index is 0.0183. The zero-order valence-electron chi connectivity index (χ0n) is 25.7. The van der Waals surface area contributed by atoms with E-state index in [0.717, 1.165) is 67.7 Å². The van der Waals surface area contributed by atoms with Gasteiger partial charge < -0.3 is 29.5 Å². The molecule has 0 bridgehead atoms. The molecule has 4 heterocycles. The Morgan fingerprint density at radius 2 is 2.02 bits per heavy atom. The summed E-state index contributed by atoms with van der Waals surface area (Å²) >= 11 is 0. The fourth-order valence-electron chi connectivity index (χ4n) is 6.03. The van der Waals surface area contributed by atoms with E-state index in [1.54, 1.807) is 10.6 Å². The number of ether oxygens (including phenoxy) is 1. The fraction of sp³-hybridized carbons (Fsp3) is 0.500. The molecule has 2 aliphatic rings. The highest BCUT2D eigenvalue weighted by Crippen LogP contribution is 2.34. The van der Waals surface area contributed by atoms with Gasteiger partial charge in [-0.3, -0.25) is 23.7 Å². The Morgan fingerprint density at radius 3 is 2.80 bits per heavy atom. The van der Waals surface area contributed by atoms with E-state index in [4.69, 9.17) is 9.26 Å². The highest BCUT2D eigenvalue weighted by atomic mass is 16.5. The van der Waals surface area contributed by atoms with Gasteiger partial charge in [0.1, 0.15) is 30.6 Å². The van der Waals surface area contributed by atoms with Crippen LogP contribution in [0.25, 0.3) is 11.0 Å². The molecule has 0 radical (unpaired) electrons. The van der Waals surface area contributed by atoms with Crippen molar-refractivity contribution in [3.8, 4) is 5.75 Å². The van der Waals surface area contributed by atoms with Crippen molar-refractivity contribution in [3.63, 3.8) is 0 Å². The number of nitrogens with one attached hydrogen (secondary N) is 1. The van der Waals surface area contributed by atoms with E-state index in [1.165, 1.54) is 11.9 Å². The summed E-state index contributed by atoms with van der Waals surface area (Å²) in [5, 5.41) is 18.3. The Hall–Kier alpha value is -4.36. The van der Waals surface area contributed by atoms with Crippen molar-refractivity contribution < 1.29 is 28.8 Å². The summed E-state index contributed by atoms with van der Waals surface area (Å²) < 4.78 is 13.1. The predicted octanol–water partition coefficient (Wildman–Crippen LogP) is 1.65. The number of aliphatic hydroxyl groups excluding tert-OH is 1. The zero-order chi connectivity index (χ0) is 31.9. The molecule has 1 saturated heterocycles. The number of piperidine rings is 1. The number of hydrogen-bond acceptors (Lipinski definition) is 10. The molecule has 13 heteroatoms. The number of rotatable bonds is 12. The van der Waals surface area contributed by atoms with Crippen LogP contribution in [0, 0.1) is 6.92 Å². The number of allylic oxidation sites excluding steroid dienone is 1. The van der Waals surface area contributed by atoms with E-state index >= 15 is 0 Å². The minimum atomic E-state index is -0.665. The molecule has 1 aromatic carbocycles. The maximum Gasteiger partial charge on any atom is 0.257 e. The van der Waals surface area contributed by atoms with Crippen molar-refractivity contribution in [1.29, 1.82) is 0 Å². The molecule has 0 saturated carbocycles. The van der Waals surface area contributed by atoms with Crippen LogP contribution in [0.2, 0.25) is 0 Å². The van der Waals surface area contributed by atoms with Crippen LogP contribution >= 0.6 is 0 Å². The predicted molar refractivity (Wildman–Crippen MR) is 165 cm³/mol. The van der Waals surface area contributed by atoms with Crippen molar-refractivity contribution in [3.05, 3.63) is 63.5 Å². The number of likely N-dealkylation sites (N-methyl/N-ethyl adjacent to an activating group) is 1. The summed E-state index contributed by atoms with van der Waals surface area (Å²) in [4.78, 5) is 55.4. The van der Waals surface area contributed by atoms with Gasteiger partial charge in [0.05, 0.1) is 18.8 Å². The molecular formula is C32H40N6O7. The molecular weight excluding hydrogens is 580 g/mol. The number of nitrogens with zero attached hydrogens (tertiary/aromatic N) is 5. The SMILES string of the molecule is Cc1nc2n(c(=O)c1CCN1CCC(c3noc4cc(OCCNC(=O)CN(C)C(=O)/C=C\C=O)ccc34)CC1)CCCC2O. The van der Waals surface area contributed by atoms with Crippen LogP contribution in [0.1, 0.15) is 60.5 Å². The van der Waals surface area contributed by atoms with Gasteiger partial charge in [0.2, 0.25) is 11.8 Å². The molecule has 2 amide bonds. The number of fused-ring (bicyclic) bond motifs is 2. The number of aldehydes is 1. The second-order valence-electron chi connectivity index (χ2n) is 11.6. The first-order valence-electron chi connectivity index (χ1n) is 15.4. The Balaban J connectivity index is 1.08. The third-order valence-electron chi connectivity index (χ3n) is 8.55. The van der Waals surface area contributed by atoms with Gasteiger partial charge in [0.15, 0.2) is 5.58 Å². The normalized spacial score (nSPS) is 17.4. The smallest absolute Gasteiger partial charge is 0.257 e. The quantitative estimate of drug-likeness (QED) is 0.173. The molecule has 5 rings (SSSR count). The van der Waals surface area contributed by atoms with E-state index < -0.39 is 12.0 Å². The van der Waals surface area contributed by atoms with Crippen LogP contribution in [-0.2, 0) is 27.3 Å². The first-order chi connectivity index (χ1) is 21.7. The van der Waals surface area contributed by atoms with Gasteiger partial charge in [-0.2, -0.15) is 0 Å². The minimum Gasteiger partial charge on any atom is -0.492 e. The van der Waals surface area contributed by atoms with Gasteiger partial charge in [0, 0.05) is 54.8 Å². The number of aromatic nitrogens is 3. The van der Waals surface area contributed by atoms with E-state index in [9.17, 15) is 24.3 Å². The Kier molecular flexibility index (Phi) is 10.4. The van der Waals surface area contributed by atoms with Crippen LogP contribution in [-0.4, -0.2) is 94.1 Å². The molecule has 45 heavy (non-hydrogen) atoms. The first-order valence-corrected chi connectivity index (χ1v) is 15.4. The molecule has 240 valence electrons. The van der Waals surface area contributed by atoms with Gasteiger partial charge in [-0.05, 0) is 70.3 Å². The number of hydrogen-bond donors (Lipinski definition) is 2. The van der Waals surface area contributed by atoms with Crippen LogP contribution in [0.3, 0.4) is 0 Å². The van der Waals surface area contributed by atoms with E-state index in [1.807, 2.05) is 19.1 Å². The number of aryl methyl sites for hydroxylation is 1. The Morgan fingerprint density at radius 1 is 1.22 bits per heavy atom. The molecule has 13 nitrogen and oxygen atoms in total. The molecule has 2 aliphatic heterocycles. The third-order valence-corrected chi connectivity index (χ3v) is 8.55. The van der Waals surface area contributed by atoms with Gasteiger partial charge >= 0.3 is 0 Å². The molecule has 0 spiro atoms. The monoisotopic (exact) mass is 620 g/mol. The van der Waals surface area contributed by atoms with Crippen molar-refractivity contribution in [2.24, 2.45) is 0 Å². The lowest BCUT2D eigenvalue weighted by atomic mass is 9.91. The highest BCUT2D eigenvalue weighted by molar-refractivity contribution is 5.93. The summed E-state index contributed by atoms with van der Waals surface area (Å²) in [6.07, 6.45) is 5.94.